The molecule has 2 rings (SSSR count). The molecule has 2 aromatic carbocycles. The second-order valence-corrected chi connectivity index (χ2v) is 4.26. The molecule has 0 aromatic heterocycles. The predicted molar refractivity (Wildman–Crippen MR) is 89.8 cm³/mol. The molecule has 0 saturated heterocycles. The van der Waals surface area contributed by atoms with Crippen molar-refractivity contribution in [1.29, 1.82) is 0 Å². The molecular formula is C18H22N2O2. The number of amides is 1. The molecule has 1 N–H and O–H groups in total. The Morgan fingerprint density at radius 1 is 1.00 bits per heavy atom. The highest BCUT2D eigenvalue weighted by molar-refractivity contribution is 5.98. The number of oxime groups is 1. The Kier molecular flexibility index (Phi) is 8.05. The molecule has 0 fully saturated rings. The van der Waals surface area contributed by atoms with Gasteiger partial charge in [0.05, 0.1) is 5.71 Å². The van der Waals surface area contributed by atoms with E-state index in [2.05, 4.69) is 10.5 Å². The molecule has 0 unspecified atom stereocenters. The number of hydrogen-bond donors (Lipinski definition) is 1. The van der Waals surface area contributed by atoms with Gasteiger partial charge in [-0.25, -0.2) is 4.79 Å². The first-order valence-electron chi connectivity index (χ1n) is 7.34. The van der Waals surface area contributed by atoms with Gasteiger partial charge in [-0.2, -0.15) is 0 Å². The van der Waals surface area contributed by atoms with Gasteiger partial charge in [0.1, 0.15) is 0 Å². The number of nitrogens with zero attached hydrogens (tertiary/aromatic N) is 1. The van der Waals surface area contributed by atoms with Crippen LogP contribution >= 0.6 is 0 Å². The van der Waals surface area contributed by atoms with Gasteiger partial charge in [-0.05, 0) is 18.1 Å². The Hall–Kier alpha value is -2.62. The summed E-state index contributed by atoms with van der Waals surface area (Å²) >= 11 is 0. The molecule has 0 saturated carbocycles. The first kappa shape index (κ1) is 17.4. The van der Waals surface area contributed by atoms with Gasteiger partial charge in [-0.1, -0.05) is 79.7 Å². The summed E-state index contributed by atoms with van der Waals surface area (Å²) in [6, 6.07) is 19.2. The predicted octanol–water partition coefficient (Wildman–Crippen LogP) is 4.36. The lowest BCUT2D eigenvalue weighted by Gasteiger charge is -2.04. The Labute approximate surface area is 131 Å². The molecule has 2 aromatic rings. The number of rotatable bonds is 4. The van der Waals surface area contributed by atoms with Crippen molar-refractivity contribution in [3.8, 4) is 0 Å². The van der Waals surface area contributed by atoms with Crippen LogP contribution in [0.1, 0.15) is 31.9 Å². The molecule has 0 spiro atoms. The minimum atomic E-state index is -0.566. The lowest BCUT2D eigenvalue weighted by molar-refractivity contribution is 0.150. The fraction of sp³-hybridized carbons (Fsp3) is 0.222. The summed E-state index contributed by atoms with van der Waals surface area (Å²) in [4.78, 5) is 16.3. The highest BCUT2D eigenvalue weighted by atomic mass is 16.7. The Morgan fingerprint density at radius 3 is 2.14 bits per heavy atom. The topological polar surface area (TPSA) is 50.7 Å². The van der Waals surface area contributed by atoms with Crippen LogP contribution in [0.25, 0.3) is 0 Å². The summed E-state index contributed by atoms with van der Waals surface area (Å²) in [5.74, 6) is 0. The van der Waals surface area contributed by atoms with Crippen LogP contribution in [0.5, 0.6) is 0 Å². The number of carbonyl (C=O) groups excluding carboxylic acids is 1. The summed E-state index contributed by atoms with van der Waals surface area (Å²) in [6.45, 7) is 6.21. The summed E-state index contributed by atoms with van der Waals surface area (Å²) in [5, 5.41) is 6.45. The number of hydrogen-bond acceptors (Lipinski definition) is 3. The second-order valence-electron chi connectivity index (χ2n) is 4.26. The standard InChI is InChI=1S/C16H16N2O2.C2H6/c1-13(15-10-6-3-7-11-15)18-20-16(19)17-12-14-8-4-2-5-9-14;1-2/h2-11H,12H2,1H3,(H,17,19);1-2H3/b18-13+;. The van der Waals surface area contributed by atoms with Crippen LogP contribution in [0.2, 0.25) is 0 Å². The Bertz CT molecular complexity index is 581. The molecule has 22 heavy (non-hydrogen) atoms. The van der Waals surface area contributed by atoms with E-state index in [0.29, 0.717) is 12.3 Å². The van der Waals surface area contributed by atoms with Crippen molar-refractivity contribution in [3.63, 3.8) is 0 Å². The van der Waals surface area contributed by atoms with Crippen molar-refractivity contribution in [2.45, 2.75) is 27.3 Å². The molecule has 0 radical (unpaired) electrons. The molecule has 0 bridgehead atoms. The zero-order valence-electron chi connectivity index (χ0n) is 13.2. The van der Waals surface area contributed by atoms with Crippen molar-refractivity contribution >= 4 is 11.8 Å². The number of carbonyl (C=O) groups is 1. The van der Waals surface area contributed by atoms with Crippen LogP contribution in [-0.2, 0) is 11.4 Å². The largest absolute Gasteiger partial charge is 0.433 e. The van der Waals surface area contributed by atoms with E-state index in [1.54, 1.807) is 6.92 Å². The number of benzene rings is 2. The van der Waals surface area contributed by atoms with E-state index in [4.69, 9.17) is 4.84 Å². The first-order valence-corrected chi connectivity index (χ1v) is 7.34. The fourth-order valence-corrected chi connectivity index (χ4v) is 1.64. The van der Waals surface area contributed by atoms with E-state index in [1.807, 2.05) is 74.5 Å². The van der Waals surface area contributed by atoms with Crippen LogP contribution in [-0.4, -0.2) is 11.8 Å². The molecule has 0 aliphatic rings. The van der Waals surface area contributed by atoms with Crippen molar-refractivity contribution < 1.29 is 9.63 Å². The second kappa shape index (κ2) is 10.2. The Balaban J connectivity index is 0.00000116. The van der Waals surface area contributed by atoms with Crippen molar-refractivity contribution in [2.75, 3.05) is 0 Å². The zero-order valence-corrected chi connectivity index (χ0v) is 13.2. The third-order valence-corrected chi connectivity index (χ3v) is 2.74. The Morgan fingerprint density at radius 2 is 1.55 bits per heavy atom. The maximum absolute atomic E-state index is 11.5. The third-order valence-electron chi connectivity index (χ3n) is 2.74. The van der Waals surface area contributed by atoms with Crippen molar-refractivity contribution in [3.05, 3.63) is 71.8 Å². The summed E-state index contributed by atoms with van der Waals surface area (Å²) in [7, 11) is 0. The molecule has 116 valence electrons. The maximum atomic E-state index is 11.5. The van der Waals surface area contributed by atoms with E-state index < -0.39 is 6.09 Å². The molecule has 4 nitrogen and oxygen atoms in total. The van der Waals surface area contributed by atoms with Gasteiger partial charge in [-0.3, -0.25) is 4.84 Å². The maximum Gasteiger partial charge on any atom is 0.433 e. The normalized spacial score (nSPS) is 10.2. The van der Waals surface area contributed by atoms with Crippen LogP contribution in [0.15, 0.2) is 65.8 Å². The molecule has 0 aliphatic heterocycles. The summed E-state index contributed by atoms with van der Waals surface area (Å²) in [5.41, 5.74) is 2.58. The van der Waals surface area contributed by atoms with Gasteiger partial charge in [0.25, 0.3) is 0 Å². The SMILES string of the molecule is C/C(=N\OC(=O)NCc1ccccc1)c1ccccc1.CC. The molecule has 0 heterocycles. The third kappa shape index (κ3) is 6.22. The van der Waals surface area contributed by atoms with E-state index >= 15 is 0 Å². The average Bonchev–Trinajstić information content (AvgIpc) is 2.61. The quantitative estimate of drug-likeness (QED) is 0.518. The smallest absolute Gasteiger partial charge is 0.316 e. The van der Waals surface area contributed by atoms with Gasteiger partial charge in [0, 0.05) is 6.54 Å². The highest BCUT2D eigenvalue weighted by Crippen LogP contribution is 2.01. The van der Waals surface area contributed by atoms with Crippen molar-refractivity contribution in [2.24, 2.45) is 5.16 Å². The van der Waals surface area contributed by atoms with E-state index in [1.165, 1.54) is 0 Å². The summed E-state index contributed by atoms with van der Waals surface area (Å²) in [6.07, 6.45) is -0.566. The van der Waals surface area contributed by atoms with Gasteiger partial charge in [0.2, 0.25) is 0 Å². The van der Waals surface area contributed by atoms with Crippen molar-refractivity contribution in [1.82, 2.24) is 5.32 Å². The molecule has 4 heteroatoms. The first-order chi connectivity index (χ1) is 10.8. The number of nitrogens with one attached hydrogen (secondary N) is 1. The molecule has 1 amide bonds. The lowest BCUT2D eigenvalue weighted by atomic mass is 10.1. The van der Waals surface area contributed by atoms with Gasteiger partial charge < -0.3 is 5.32 Å². The monoisotopic (exact) mass is 298 g/mol. The van der Waals surface area contributed by atoms with Crippen LogP contribution in [0.3, 0.4) is 0 Å². The molecular weight excluding hydrogens is 276 g/mol. The van der Waals surface area contributed by atoms with Gasteiger partial charge in [0.15, 0.2) is 0 Å². The molecule has 0 aliphatic carbocycles. The van der Waals surface area contributed by atoms with Crippen LogP contribution < -0.4 is 5.32 Å². The van der Waals surface area contributed by atoms with Gasteiger partial charge >= 0.3 is 6.09 Å². The average molecular weight is 298 g/mol. The van der Waals surface area contributed by atoms with E-state index in [0.717, 1.165) is 11.1 Å². The minimum absolute atomic E-state index is 0.416. The van der Waals surface area contributed by atoms with Gasteiger partial charge in [-0.15, -0.1) is 0 Å². The van der Waals surface area contributed by atoms with Crippen LogP contribution in [0.4, 0.5) is 4.79 Å². The summed E-state index contributed by atoms with van der Waals surface area (Å²) < 4.78 is 0. The fourth-order valence-electron chi connectivity index (χ4n) is 1.64. The molecule has 0 atom stereocenters. The zero-order chi connectivity index (χ0) is 16.2. The van der Waals surface area contributed by atoms with E-state index in [9.17, 15) is 4.79 Å². The lowest BCUT2D eigenvalue weighted by Crippen LogP contribution is -2.22. The highest BCUT2D eigenvalue weighted by Gasteiger charge is 2.02. The minimum Gasteiger partial charge on any atom is -0.316 e. The van der Waals surface area contributed by atoms with E-state index in [-0.39, 0.29) is 0 Å². The van der Waals surface area contributed by atoms with Crippen LogP contribution in [0, 0.1) is 0 Å².